The lowest BCUT2D eigenvalue weighted by atomic mass is 10.2. The Kier molecular flexibility index (Phi) is 3.08. The Morgan fingerprint density at radius 2 is 2.00 bits per heavy atom. The minimum absolute atomic E-state index is 0.187. The Bertz CT molecular complexity index is 726. The van der Waals surface area contributed by atoms with E-state index in [1.165, 1.54) is 10.9 Å². The van der Waals surface area contributed by atoms with Crippen molar-refractivity contribution < 1.29 is 8.83 Å². The van der Waals surface area contributed by atoms with Gasteiger partial charge in [-0.3, -0.25) is 0 Å². The van der Waals surface area contributed by atoms with Crippen LogP contribution in [0.5, 0.6) is 0 Å². The largest absolute Gasteiger partial charge is 0.459 e. The Balaban J connectivity index is 1.90. The topological polar surface area (TPSA) is 61.2 Å². The van der Waals surface area contributed by atoms with Crippen molar-refractivity contribution in [3.8, 4) is 11.7 Å². The fraction of sp³-hybridized carbons (Fsp3) is 0.0769. The summed E-state index contributed by atoms with van der Waals surface area (Å²) < 4.78 is 12.4. The summed E-state index contributed by atoms with van der Waals surface area (Å²) in [6.45, 7) is 0.357. The van der Waals surface area contributed by atoms with E-state index in [0.29, 0.717) is 12.3 Å². The van der Waals surface area contributed by atoms with Gasteiger partial charge >= 0.3 is 5.76 Å². The Hall–Kier alpha value is -2.08. The molecule has 3 rings (SSSR count). The highest BCUT2D eigenvalue weighted by Gasteiger charge is 2.12. The minimum atomic E-state index is -0.505. The van der Waals surface area contributed by atoms with Crippen LogP contribution in [-0.2, 0) is 6.54 Å². The first kappa shape index (κ1) is 12.0. The second-order valence-corrected chi connectivity index (χ2v) is 4.85. The molecule has 0 spiro atoms. The maximum absolute atomic E-state index is 11.7. The van der Waals surface area contributed by atoms with Crippen LogP contribution >= 0.6 is 15.9 Å². The monoisotopic (exact) mass is 320 g/mol. The zero-order chi connectivity index (χ0) is 13.2. The molecule has 0 amide bonds. The molecule has 0 N–H and O–H groups in total. The van der Waals surface area contributed by atoms with Gasteiger partial charge in [-0.05, 0) is 29.8 Å². The molecule has 96 valence electrons. The number of nitrogens with zero attached hydrogens (tertiary/aromatic N) is 2. The second-order valence-electron chi connectivity index (χ2n) is 3.93. The summed E-state index contributed by atoms with van der Waals surface area (Å²) in [6, 6.07) is 11.1. The SMILES string of the molecule is O=c1oc(-c2ccco2)nn1Cc1ccc(Br)cc1. The van der Waals surface area contributed by atoms with Gasteiger partial charge in [-0.15, -0.1) is 5.10 Å². The lowest BCUT2D eigenvalue weighted by molar-refractivity contribution is 0.476. The molecule has 0 saturated heterocycles. The van der Waals surface area contributed by atoms with Crippen LogP contribution in [0.4, 0.5) is 0 Å². The molecule has 0 aliphatic rings. The molecule has 1 aromatic carbocycles. The van der Waals surface area contributed by atoms with Crippen LogP contribution in [0.3, 0.4) is 0 Å². The van der Waals surface area contributed by atoms with Crippen LogP contribution in [0.2, 0.25) is 0 Å². The van der Waals surface area contributed by atoms with Crippen LogP contribution in [0.25, 0.3) is 11.7 Å². The molecule has 19 heavy (non-hydrogen) atoms. The van der Waals surface area contributed by atoms with E-state index in [4.69, 9.17) is 8.83 Å². The molecule has 2 heterocycles. The fourth-order valence-corrected chi connectivity index (χ4v) is 1.93. The molecular formula is C13H9BrN2O3. The van der Waals surface area contributed by atoms with E-state index in [1.807, 2.05) is 24.3 Å². The number of rotatable bonds is 3. The van der Waals surface area contributed by atoms with E-state index in [9.17, 15) is 4.79 Å². The molecule has 0 fully saturated rings. The van der Waals surface area contributed by atoms with Crippen LogP contribution in [-0.4, -0.2) is 9.78 Å². The smallest absolute Gasteiger partial charge is 0.437 e. The number of furan rings is 1. The van der Waals surface area contributed by atoms with Crippen LogP contribution < -0.4 is 5.76 Å². The normalized spacial score (nSPS) is 10.8. The third kappa shape index (κ3) is 2.53. The highest BCUT2D eigenvalue weighted by molar-refractivity contribution is 9.10. The third-order valence-electron chi connectivity index (χ3n) is 2.58. The van der Waals surface area contributed by atoms with E-state index in [2.05, 4.69) is 21.0 Å². The molecule has 0 bridgehead atoms. The highest BCUT2D eigenvalue weighted by atomic mass is 79.9. The van der Waals surface area contributed by atoms with Gasteiger partial charge in [-0.1, -0.05) is 28.1 Å². The predicted octanol–water partition coefficient (Wildman–Crippen LogP) is 2.91. The van der Waals surface area contributed by atoms with Gasteiger partial charge in [0.05, 0.1) is 12.8 Å². The Morgan fingerprint density at radius 1 is 1.21 bits per heavy atom. The molecule has 2 aromatic heterocycles. The standard InChI is InChI=1S/C13H9BrN2O3/c14-10-5-3-9(4-6-10)8-16-13(17)19-12(15-16)11-2-1-7-18-11/h1-7H,8H2. The fourth-order valence-electron chi connectivity index (χ4n) is 1.67. The van der Waals surface area contributed by atoms with Crippen molar-refractivity contribution in [3.63, 3.8) is 0 Å². The van der Waals surface area contributed by atoms with Gasteiger partial charge < -0.3 is 8.83 Å². The number of aromatic nitrogens is 2. The molecule has 0 unspecified atom stereocenters. The van der Waals surface area contributed by atoms with Crippen molar-refractivity contribution in [2.45, 2.75) is 6.54 Å². The van der Waals surface area contributed by atoms with Gasteiger partial charge in [0.2, 0.25) is 0 Å². The lowest BCUT2D eigenvalue weighted by Gasteiger charge is -1.99. The molecule has 5 nitrogen and oxygen atoms in total. The van der Waals surface area contributed by atoms with Crippen LogP contribution in [0.15, 0.2) is 60.8 Å². The number of benzene rings is 1. The van der Waals surface area contributed by atoms with Crippen LogP contribution in [0.1, 0.15) is 5.56 Å². The number of halogens is 1. The summed E-state index contributed by atoms with van der Waals surface area (Å²) >= 11 is 3.36. The molecule has 0 aliphatic carbocycles. The molecular weight excluding hydrogens is 312 g/mol. The predicted molar refractivity (Wildman–Crippen MR) is 71.7 cm³/mol. The molecule has 3 aromatic rings. The van der Waals surface area contributed by atoms with Gasteiger partial charge in [0.15, 0.2) is 5.76 Å². The van der Waals surface area contributed by atoms with Crippen molar-refractivity contribution >= 4 is 15.9 Å². The van der Waals surface area contributed by atoms with Crippen molar-refractivity contribution in [2.24, 2.45) is 0 Å². The molecule has 0 atom stereocenters. The Morgan fingerprint density at radius 3 is 2.68 bits per heavy atom. The van der Waals surface area contributed by atoms with Crippen molar-refractivity contribution in [2.75, 3.05) is 0 Å². The van der Waals surface area contributed by atoms with Gasteiger partial charge in [0.1, 0.15) is 0 Å². The summed E-state index contributed by atoms with van der Waals surface area (Å²) in [7, 11) is 0. The van der Waals surface area contributed by atoms with Crippen molar-refractivity contribution in [1.82, 2.24) is 9.78 Å². The van der Waals surface area contributed by atoms with E-state index >= 15 is 0 Å². The molecule has 0 saturated carbocycles. The minimum Gasteiger partial charge on any atom is -0.459 e. The van der Waals surface area contributed by atoms with E-state index in [0.717, 1.165) is 10.0 Å². The average molecular weight is 321 g/mol. The third-order valence-corrected chi connectivity index (χ3v) is 3.11. The second kappa shape index (κ2) is 4.89. The lowest BCUT2D eigenvalue weighted by Crippen LogP contribution is -2.16. The zero-order valence-corrected chi connectivity index (χ0v) is 11.3. The number of hydrogen-bond acceptors (Lipinski definition) is 4. The van der Waals surface area contributed by atoms with Gasteiger partial charge in [0, 0.05) is 4.47 Å². The molecule has 6 heteroatoms. The zero-order valence-electron chi connectivity index (χ0n) is 9.75. The maximum Gasteiger partial charge on any atom is 0.437 e. The summed E-state index contributed by atoms with van der Waals surface area (Å²) in [5.41, 5.74) is 0.963. The van der Waals surface area contributed by atoms with E-state index in [1.54, 1.807) is 12.1 Å². The Labute approximate surface area is 116 Å². The summed E-state index contributed by atoms with van der Waals surface area (Å²) in [6.07, 6.45) is 1.50. The van der Waals surface area contributed by atoms with Crippen LogP contribution in [0, 0.1) is 0 Å². The van der Waals surface area contributed by atoms with E-state index < -0.39 is 5.76 Å². The highest BCUT2D eigenvalue weighted by Crippen LogP contribution is 2.16. The summed E-state index contributed by atoms with van der Waals surface area (Å²) in [5.74, 6) is 0.119. The van der Waals surface area contributed by atoms with E-state index in [-0.39, 0.29) is 5.89 Å². The first-order valence-electron chi connectivity index (χ1n) is 5.58. The van der Waals surface area contributed by atoms with Gasteiger partial charge in [0.25, 0.3) is 5.89 Å². The maximum atomic E-state index is 11.7. The number of hydrogen-bond donors (Lipinski definition) is 0. The van der Waals surface area contributed by atoms with Crippen molar-refractivity contribution in [3.05, 3.63) is 63.2 Å². The first-order chi connectivity index (χ1) is 9.22. The molecule has 0 radical (unpaired) electrons. The summed E-state index contributed by atoms with van der Waals surface area (Å²) in [5, 5.41) is 4.10. The summed E-state index contributed by atoms with van der Waals surface area (Å²) in [4.78, 5) is 11.7. The van der Waals surface area contributed by atoms with Gasteiger partial charge in [-0.25, -0.2) is 4.79 Å². The quantitative estimate of drug-likeness (QED) is 0.744. The van der Waals surface area contributed by atoms with Crippen molar-refractivity contribution in [1.29, 1.82) is 0 Å². The molecule has 0 aliphatic heterocycles. The van der Waals surface area contributed by atoms with Gasteiger partial charge in [-0.2, -0.15) is 4.68 Å². The first-order valence-corrected chi connectivity index (χ1v) is 6.38. The average Bonchev–Trinajstić information content (AvgIpc) is 3.03.